The van der Waals surface area contributed by atoms with Crippen molar-refractivity contribution in [1.82, 2.24) is 4.98 Å². The molecule has 0 fully saturated rings. The number of carbonyl (C=O) groups excluding carboxylic acids is 1. The highest BCUT2D eigenvalue weighted by atomic mass is 16.5. The van der Waals surface area contributed by atoms with Crippen LogP contribution in [0, 0.1) is 0 Å². The molecule has 0 aliphatic carbocycles. The molecule has 1 N–H and O–H groups in total. The van der Waals surface area contributed by atoms with Crippen LogP contribution in [0.2, 0.25) is 0 Å². The Labute approximate surface area is 102 Å². The van der Waals surface area contributed by atoms with Crippen LogP contribution in [0.25, 0.3) is 10.9 Å². The highest BCUT2D eigenvalue weighted by molar-refractivity contribution is 6.03. The number of benzene rings is 1. The van der Waals surface area contributed by atoms with Crippen molar-refractivity contribution >= 4 is 16.9 Å². The highest BCUT2D eigenvalue weighted by Gasteiger charge is 2.21. The van der Waals surface area contributed by atoms with Gasteiger partial charge >= 0.3 is 5.97 Å². The molecule has 18 heavy (non-hydrogen) atoms. The normalized spacial score (nSPS) is 13.6. The maximum atomic E-state index is 11.9. The molecule has 3 rings (SSSR count). The summed E-state index contributed by atoms with van der Waals surface area (Å²) < 4.78 is 10.0. The first-order valence-electron chi connectivity index (χ1n) is 5.55. The Morgan fingerprint density at radius 1 is 1.33 bits per heavy atom. The molecule has 92 valence electrons. The van der Waals surface area contributed by atoms with E-state index < -0.39 is 5.97 Å². The van der Waals surface area contributed by atoms with Crippen LogP contribution < -0.4 is 5.56 Å². The van der Waals surface area contributed by atoms with Crippen molar-refractivity contribution in [2.24, 2.45) is 0 Å². The van der Waals surface area contributed by atoms with Crippen LogP contribution in [0.3, 0.4) is 0 Å². The molecule has 1 aromatic carbocycles. The number of methoxy groups -OCH3 is 1. The van der Waals surface area contributed by atoms with E-state index in [1.54, 1.807) is 12.1 Å². The predicted octanol–water partition coefficient (Wildman–Crippen LogP) is 1.34. The molecule has 1 aliphatic heterocycles. The summed E-state index contributed by atoms with van der Waals surface area (Å²) in [6.07, 6.45) is 0. The zero-order valence-electron chi connectivity index (χ0n) is 9.78. The van der Waals surface area contributed by atoms with Crippen LogP contribution in [-0.4, -0.2) is 18.1 Å². The summed E-state index contributed by atoms with van der Waals surface area (Å²) in [5.41, 5.74) is 2.18. The molecule has 1 aliphatic rings. The number of H-pyrrole nitrogens is 1. The standard InChI is InChI=1S/C13H11NO4/c1-17-13(16)8-4-2-3-7-9-5-18-6-10(9)12(15)14-11(7)8/h2-4H,5-6H2,1H3,(H,14,15). The predicted molar refractivity (Wildman–Crippen MR) is 64.4 cm³/mol. The van der Waals surface area contributed by atoms with Crippen molar-refractivity contribution in [3.63, 3.8) is 0 Å². The number of aromatic nitrogens is 1. The number of pyridine rings is 1. The number of hydrogen-bond acceptors (Lipinski definition) is 4. The van der Waals surface area contributed by atoms with Crippen LogP contribution in [-0.2, 0) is 22.7 Å². The Morgan fingerprint density at radius 3 is 2.89 bits per heavy atom. The lowest BCUT2D eigenvalue weighted by Crippen LogP contribution is -2.14. The topological polar surface area (TPSA) is 68.4 Å². The summed E-state index contributed by atoms with van der Waals surface area (Å²) in [6.45, 7) is 0.726. The van der Waals surface area contributed by atoms with Gasteiger partial charge in [0.25, 0.3) is 5.56 Å². The molecule has 1 aromatic heterocycles. The van der Waals surface area contributed by atoms with E-state index in [4.69, 9.17) is 9.47 Å². The summed E-state index contributed by atoms with van der Waals surface area (Å²) in [6, 6.07) is 5.27. The molecular weight excluding hydrogens is 234 g/mol. The van der Waals surface area contributed by atoms with E-state index >= 15 is 0 Å². The zero-order valence-corrected chi connectivity index (χ0v) is 9.78. The van der Waals surface area contributed by atoms with Crippen molar-refractivity contribution in [2.45, 2.75) is 13.2 Å². The Bertz CT molecular complexity index is 702. The number of para-hydroxylation sites is 1. The molecule has 0 unspecified atom stereocenters. The Kier molecular flexibility index (Phi) is 2.41. The fourth-order valence-corrected chi connectivity index (χ4v) is 2.28. The molecule has 0 spiro atoms. The molecule has 5 nitrogen and oxygen atoms in total. The third kappa shape index (κ3) is 1.44. The lowest BCUT2D eigenvalue weighted by Gasteiger charge is -2.07. The van der Waals surface area contributed by atoms with Gasteiger partial charge in [-0.05, 0) is 11.6 Å². The summed E-state index contributed by atoms with van der Waals surface area (Å²) >= 11 is 0. The Balaban J connectivity index is 2.40. The molecule has 5 heteroatoms. The SMILES string of the molecule is COC(=O)c1cccc2c3c(c(=O)[nH]c12)COC3. The summed E-state index contributed by atoms with van der Waals surface area (Å²) in [5.74, 6) is -0.463. The van der Waals surface area contributed by atoms with Crippen LogP contribution in [0.15, 0.2) is 23.0 Å². The lowest BCUT2D eigenvalue weighted by atomic mass is 10.0. The first-order chi connectivity index (χ1) is 8.72. The number of nitrogens with one attached hydrogen (secondary N) is 1. The Hall–Kier alpha value is -2.14. The fourth-order valence-electron chi connectivity index (χ4n) is 2.28. The number of aromatic amines is 1. The first-order valence-corrected chi connectivity index (χ1v) is 5.55. The van der Waals surface area contributed by atoms with Gasteiger partial charge in [-0.1, -0.05) is 12.1 Å². The highest BCUT2D eigenvalue weighted by Crippen LogP contribution is 2.26. The largest absolute Gasteiger partial charge is 0.465 e. The summed E-state index contributed by atoms with van der Waals surface area (Å²) in [4.78, 5) is 26.3. The van der Waals surface area contributed by atoms with Crippen molar-refractivity contribution < 1.29 is 14.3 Å². The van der Waals surface area contributed by atoms with Crippen molar-refractivity contribution in [3.05, 3.63) is 45.2 Å². The number of carbonyl (C=O) groups is 1. The first kappa shape index (κ1) is 11.0. The number of esters is 1. The molecule has 0 atom stereocenters. The molecule has 0 radical (unpaired) electrons. The molecule has 0 amide bonds. The summed E-state index contributed by atoms with van der Waals surface area (Å²) in [7, 11) is 1.32. The van der Waals surface area contributed by atoms with Gasteiger partial charge in [-0.25, -0.2) is 4.79 Å². The van der Waals surface area contributed by atoms with E-state index in [1.807, 2.05) is 6.07 Å². The molecule has 2 aromatic rings. The van der Waals surface area contributed by atoms with Crippen LogP contribution in [0.1, 0.15) is 21.5 Å². The van der Waals surface area contributed by atoms with Gasteiger partial charge < -0.3 is 14.5 Å². The Morgan fingerprint density at radius 2 is 2.11 bits per heavy atom. The average Bonchev–Trinajstić information content (AvgIpc) is 2.87. The van der Waals surface area contributed by atoms with Crippen molar-refractivity contribution in [1.29, 1.82) is 0 Å². The second kappa shape index (κ2) is 3.96. The van der Waals surface area contributed by atoms with Crippen LogP contribution >= 0.6 is 0 Å². The zero-order chi connectivity index (χ0) is 12.7. The number of ether oxygens (including phenoxy) is 2. The van der Waals surface area contributed by atoms with E-state index in [2.05, 4.69) is 4.98 Å². The van der Waals surface area contributed by atoms with Crippen LogP contribution in [0.5, 0.6) is 0 Å². The second-order valence-corrected chi connectivity index (χ2v) is 4.12. The number of hydrogen-bond donors (Lipinski definition) is 1. The van der Waals surface area contributed by atoms with Gasteiger partial charge in [0.15, 0.2) is 0 Å². The molecule has 0 saturated heterocycles. The molecule has 2 heterocycles. The van der Waals surface area contributed by atoms with Crippen molar-refractivity contribution in [3.8, 4) is 0 Å². The minimum atomic E-state index is -0.463. The molecular formula is C13H11NO4. The van der Waals surface area contributed by atoms with Gasteiger partial charge in [0.2, 0.25) is 0 Å². The van der Waals surface area contributed by atoms with E-state index in [1.165, 1.54) is 7.11 Å². The average molecular weight is 245 g/mol. The number of rotatable bonds is 1. The van der Waals surface area contributed by atoms with Gasteiger partial charge in [0.05, 0.1) is 31.4 Å². The fraction of sp³-hybridized carbons (Fsp3) is 0.231. The minimum absolute atomic E-state index is 0.202. The monoisotopic (exact) mass is 245 g/mol. The quantitative estimate of drug-likeness (QED) is 0.770. The van der Waals surface area contributed by atoms with Gasteiger partial charge in [-0.3, -0.25) is 4.79 Å². The summed E-state index contributed by atoms with van der Waals surface area (Å²) in [5, 5.41) is 0.838. The second-order valence-electron chi connectivity index (χ2n) is 4.12. The third-order valence-electron chi connectivity index (χ3n) is 3.16. The smallest absolute Gasteiger partial charge is 0.339 e. The molecule has 0 bridgehead atoms. The van der Waals surface area contributed by atoms with E-state index in [9.17, 15) is 9.59 Å². The van der Waals surface area contributed by atoms with E-state index in [0.29, 0.717) is 29.9 Å². The maximum absolute atomic E-state index is 11.9. The van der Waals surface area contributed by atoms with Gasteiger partial charge in [-0.15, -0.1) is 0 Å². The minimum Gasteiger partial charge on any atom is -0.465 e. The maximum Gasteiger partial charge on any atom is 0.339 e. The van der Waals surface area contributed by atoms with Gasteiger partial charge in [0.1, 0.15) is 0 Å². The van der Waals surface area contributed by atoms with E-state index in [0.717, 1.165) is 10.9 Å². The lowest BCUT2D eigenvalue weighted by molar-refractivity contribution is 0.0603. The third-order valence-corrected chi connectivity index (χ3v) is 3.16. The van der Waals surface area contributed by atoms with Gasteiger partial charge in [-0.2, -0.15) is 0 Å². The number of fused-ring (bicyclic) bond motifs is 3. The van der Waals surface area contributed by atoms with Crippen LogP contribution in [0.4, 0.5) is 0 Å². The van der Waals surface area contributed by atoms with Crippen molar-refractivity contribution in [2.75, 3.05) is 7.11 Å². The van der Waals surface area contributed by atoms with Gasteiger partial charge in [0, 0.05) is 10.9 Å². The van der Waals surface area contributed by atoms with E-state index in [-0.39, 0.29) is 5.56 Å². The molecule has 0 saturated carbocycles.